The summed E-state index contributed by atoms with van der Waals surface area (Å²) in [5.41, 5.74) is 3.37. The second-order valence-corrected chi connectivity index (χ2v) is 5.31. The fourth-order valence-electron chi connectivity index (χ4n) is 2.35. The molecule has 0 aromatic heterocycles. The summed E-state index contributed by atoms with van der Waals surface area (Å²) in [6, 6.07) is 13.1. The van der Waals surface area contributed by atoms with Crippen molar-refractivity contribution in [2.75, 3.05) is 7.05 Å². The Bertz CT molecular complexity index is 722. The maximum absolute atomic E-state index is 12.1. The molecule has 2 aromatic carbocycles. The van der Waals surface area contributed by atoms with Crippen molar-refractivity contribution in [2.45, 2.75) is 26.9 Å². The van der Waals surface area contributed by atoms with E-state index in [9.17, 15) is 9.59 Å². The third-order valence-electron chi connectivity index (χ3n) is 3.73. The summed E-state index contributed by atoms with van der Waals surface area (Å²) in [5, 5.41) is 2.36. The number of aryl methyl sites for hydroxylation is 2. The van der Waals surface area contributed by atoms with Gasteiger partial charge in [-0.15, -0.1) is 0 Å². The zero-order valence-corrected chi connectivity index (χ0v) is 13.7. The Hall–Kier alpha value is -2.62. The quantitative estimate of drug-likeness (QED) is 0.659. The summed E-state index contributed by atoms with van der Waals surface area (Å²) in [7, 11) is 1.44. The van der Waals surface area contributed by atoms with E-state index < -0.39 is 11.7 Å². The van der Waals surface area contributed by atoms with Gasteiger partial charge >= 0.3 is 0 Å². The Morgan fingerprint density at radius 1 is 1.13 bits per heavy atom. The van der Waals surface area contributed by atoms with Gasteiger partial charge in [-0.05, 0) is 30.5 Å². The van der Waals surface area contributed by atoms with Crippen LogP contribution in [0.25, 0.3) is 0 Å². The van der Waals surface area contributed by atoms with Gasteiger partial charge in [-0.25, -0.2) is 0 Å². The smallest absolute Gasteiger partial charge is 0.292 e. The summed E-state index contributed by atoms with van der Waals surface area (Å²) < 4.78 is 5.84. The van der Waals surface area contributed by atoms with Crippen LogP contribution in [0.2, 0.25) is 0 Å². The summed E-state index contributed by atoms with van der Waals surface area (Å²) in [5.74, 6) is -0.393. The minimum atomic E-state index is -0.624. The average molecular weight is 311 g/mol. The third-order valence-corrected chi connectivity index (χ3v) is 3.73. The van der Waals surface area contributed by atoms with E-state index in [1.165, 1.54) is 12.6 Å². The topological polar surface area (TPSA) is 55.4 Å². The number of amides is 1. The van der Waals surface area contributed by atoms with Gasteiger partial charge in [-0.3, -0.25) is 9.59 Å². The number of likely N-dealkylation sites (N-methyl/N-ethyl adjacent to an activating group) is 1. The predicted octanol–water partition coefficient (Wildman–Crippen LogP) is 3.07. The molecule has 0 bridgehead atoms. The molecule has 0 saturated carbocycles. The maximum Gasteiger partial charge on any atom is 0.292 e. The van der Waals surface area contributed by atoms with Crippen molar-refractivity contribution in [3.63, 3.8) is 0 Å². The molecule has 1 N–H and O–H groups in total. The van der Waals surface area contributed by atoms with Gasteiger partial charge in [0.15, 0.2) is 0 Å². The highest BCUT2D eigenvalue weighted by atomic mass is 16.5. The molecule has 0 fully saturated rings. The van der Waals surface area contributed by atoms with Crippen molar-refractivity contribution >= 4 is 11.7 Å². The number of ketones is 1. The molecule has 23 heavy (non-hydrogen) atoms. The summed E-state index contributed by atoms with van der Waals surface area (Å²) >= 11 is 0. The highest BCUT2D eigenvalue weighted by molar-refractivity contribution is 6.43. The Balaban J connectivity index is 2.18. The van der Waals surface area contributed by atoms with Crippen LogP contribution < -0.4 is 10.1 Å². The number of carbonyl (C=O) groups excluding carboxylic acids is 2. The van der Waals surface area contributed by atoms with Crippen molar-refractivity contribution < 1.29 is 14.3 Å². The molecular formula is C19H21NO3. The molecule has 0 atom stereocenters. The first-order valence-electron chi connectivity index (χ1n) is 7.63. The Kier molecular flexibility index (Phi) is 5.52. The number of rotatable bonds is 6. The van der Waals surface area contributed by atoms with Gasteiger partial charge in [-0.2, -0.15) is 0 Å². The Morgan fingerprint density at radius 3 is 2.52 bits per heavy atom. The van der Waals surface area contributed by atoms with Crippen LogP contribution in [-0.4, -0.2) is 18.7 Å². The minimum absolute atomic E-state index is 0.241. The van der Waals surface area contributed by atoms with Gasteiger partial charge in [0.25, 0.3) is 11.7 Å². The molecule has 0 heterocycles. The molecule has 1 amide bonds. The second-order valence-electron chi connectivity index (χ2n) is 5.31. The molecular weight excluding hydrogens is 290 g/mol. The van der Waals surface area contributed by atoms with E-state index in [1.807, 2.05) is 25.1 Å². The Morgan fingerprint density at radius 2 is 1.87 bits per heavy atom. The molecule has 120 valence electrons. The minimum Gasteiger partial charge on any atom is -0.489 e. The van der Waals surface area contributed by atoms with Crippen LogP contribution >= 0.6 is 0 Å². The van der Waals surface area contributed by atoms with Crippen molar-refractivity contribution in [3.05, 3.63) is 64.7 Å². The van der Waals surface area contributed by atoms with Crippen LogP contribution in [0.1, 0.15) is 34.0 Å². The maximum atomic E-state index is 12.1. The molecule has 4 heteroatoms. The first-order chi connectivity index (χ1) is 11.1. The number of hydrogen-bond acceptors (Lipinski definition) is 3. The number of benzene rings is 2. The highest BCUT2D eigenvalue weighted by Crippen LogP contribution is 2.21. The van der Waals surface area contributed by atoms with E-state index in [2.05, 4.69) is 18.3 Å². The van der Waals surface area contributed by atoms with E-state index in [-0.39, 0.29) is 6.61 Å². The van der Waals surface area contributed by atoms with Crippen LogP contribution in [0.4, 0.5) is 0 Å². The van der Waals surface area contributed by atoms with Crippen LogP contribution in [0.3, 0.4) is 0 Å². The van der Waals surface area contributed by atoms with Crippen molar-refractivity contribution in [2.24, 2.45) is 0 Å². The fourth-order valence-corrected chi connectivity index (χ4v) is 2.35. The molecule has 2 rings (SSSR count). The lowest BCUT2D eigenvalue weighted by Crippen LogP contribution is -2.28. The number of Topliss-reactive ketones (excluding diaryl/α,β-unsaturated/α-hetero) is 1. The molecule has 0 aliphatic heterocycles. The molecule has 0 aliphatic carbocycles. The Labute approximate surface area is 136 Å². The molecule has 2 aromatic rings. The standard InChI is InChI=1S/C19H21NO3/c1-4-14-9-10-17(13(2)11-14)23-12-15-7-5-6-8-16(15)18(21)19(22)20-3/h5-11H,4,12H2,1-3H3,(H,20,22). The van der Waals surface area contributed by atoms with Gasteiger partial charge in [0.05, 0.1) is 0 Å². The molecule has 0 spiro atoms. The molecule has 4 nitrogen and oxygen atoms in total. The number of ether oxygens (including phenoxy) is 1. The van der Waals surface area contributed by atoms with Gasteiger partial charge in [-0.1, -0.05) is 43.3 Å². The molecule has 0 radical (unpaired) electrons. The van der Waals surface area contributed by atoms with Crippen LogP contribution in [0.15, 0.2) is 42.5 Å². The third kappa shape index (κ3) is 3.97. The van der Waals surface area contributed by atoms with Crippen molar-refractivity contribution in [3.8, 4) is 5.75 Å². The van der Waals surface area contributed by atoms with Gasteiger partial charge in [0, 0.05) is 18.2 Å². The SMILES string of the molecule is CCc1ccc(OCc2ccccc2C(=O)C(=O)NC)c(C)c1. The summed E-state index contributed by atoms with van der Waals surface area (Å²) in [6.45, 7) is 4.34. The lowest BCUT2D eigenvalue weighted by molar-refractivity contribution is -0.116. The second kappa shape index (κ2) is 7.58. The van der Waals surface area contributed by atoms with Crippen molar-refractivity contribution in [1.82, 2.24) is 5.32 Å². The number of carbonyl (C=O) groups is 2. The van der Waals surface area contributed by atoms with E-state index in [1.54, 1.807) is 18.2 Å². The normalized spacial score (nSPS) is 10.2. The van der Waals surface area contributed by atoms with E-state index >= 15 is 0 Å². The molecule has 0 saturated heterocycles. The summed E-state index contributed by atoms with van der Waals surface area (Å²) in [4.78, 5) is 23.7. The predicted molar refractivity (Wildman–Crippen MR) is 89.7 cm³/mol. The largest absolute Gasteiger partial charge is 0.489 e. The number of hydrogen-bond donors (Lipinski definition) is 1. The zero-order valence-electron chi connectivity index (χ0n) is 13.7. The van der Waals surface area contributed by atoms with Gasteiger partial charge in [0.1, 0.15) is 12.4 Å². The van der Waals surface area contributed by atoms with E-state index in [0.29, 0.717) is 11.1 Å². The first-order valence-corrected chi connectivity index (χ1v) is 7.63. The molecule has 0 unspecified atom stereocenters. The van der Waals surface area contributed by atoms with E-state index in [0.717, 1.165) is 17.7 Å². The van der Waals surface area contributed by atoms with Gasteiger partial charge in [0.2, 0.25) is 0 Å². The van der Waals surface area contributed by atoms with E-state index in [4.69, 9.17) is 4.74 Å². The summed E-state index contributed by atoms with van der Waals surface area (Å²) in [6.07, 6.45) is 0.977. The lowest BCUT2D eigenvalue weighted by atomic mass is 10.0. The fraction of sp³-hybridized carbons (Fsp3) is 0.263. The monoisotopic (exact) mass is 311 g/mol. The number of nitrogens with one attached hydrogen (secondary N) is 1. The first kappa shape index (κ1) is 16.7. The average Bonchev–Trinajstić information content (AvgIpc) is 2.59. The van der Waals surface area contributed by atoms with Gasteiger partial charge < -0.3 is 10.1 Å². The van der Waals surface area contributed by atoms with Crippen LogP contribution in [0.5, 0.6) is 5.75 Å². The molecule has 0 aliphatic rings. The zero-order chi connectivity index (χ0) is 16.8. The van der Waals surface area contributed by atoms with Crippen LogP contribution in [0, 0.1) is 6.92 Å². The van der Waals surface area contributed by atoms with Crippen LogP contribution in [-0.2, 0) is 17.8 Å². The van der Waals surface area contributed by atoms with Crippen molar-refractivity contribution in [1.29, 1.82) is 0 Å². The lowest BCUT2D eigenvalue weighted by Gasteiger charge is -2.12. The highest BCUT2D eigenvalue weighted by Gasteiger charge is 2.18.